The molecule has 0 unspecified atom stereocenters. The third kappa shape index (κ3) is 3.63. The van der Waals surface area contributed by atoms with Gasteiger partial charge >= 0.3 is 0 Å². The Bertz CT molecular complexity index is 989. The molecule has 1 aromatic rings. The molecule has 1 amide bonds. The molecule has 3 fully saturated rings. The number of aryl methyl sites for hydroxylation is 2. The zero-order chi connectivity index (χ0) is 22.8. The molecule has 4 rings (SSSR count). The van der Waals surface area contributed by atoms with E-state index in [9.17, 15) is 14.4 Å². The van der Waals surface area contributed by atoms with E-state index in [1.807, 2.05) is 51.7 Å². The zero-order valence-corrected chi connectivity index (χ0v) is 19.6. The first kappa shape index (κ1) is 21.8. The average molecular weight is 420 g/mol. The van der Waals surface area contributed by atoms with Gasteiger partial charge in [-0.3, -0.25) is 14.4 Å². The third-order valence-electron chi connectivity index (χ3n) is 7.38. The van der Waals surface area contributed by atoms with E-state index >= 15 is 0 Å². The van der Waals surface area contributed by atoms with Crippen LogP contribution in [0.3, 0.4) is 0 Å². The molecule has 0 bridgehead atoms. The van der Waals surface area contributed by atoms with Gasteiger partial charge in [0, 0.05) is 42.3 Å². The van der Waals surface area contributed by atoms with E-state index in [2.05, 4.69) is 11.8 Å². The molecule has 3 aliphatic rings. The summed E-state index contributed by atoms with van der Waals surface area (Å²) < 4.78 is 0. The molecule has 1 aromatic carbocycles. The van der Waals surface area contributed by atoms with E-state index in [4.69, 9.17) is 0 Å². The van der Waals surface area contributed by atoms with E-state index in [1.165, 1.54) is 0 Å². The number of amides is 1. The molecule has 31 heavy (non-hydrogen) atoms. The van der Waals surface area contributed by atoms with Crippen molar-refractivity contribution < 1.29 is 14.4 Å². The van der Waals surface area contributed by atoms with Crippen LogP contribution in [0.2, 0.25) is 0 Å². The highest BCUT2D eigenvalue weighted by molar-refractivity contribution is 6.10. The molecule has 164 valence electrons. The SMILES string of the molecule is CC#Cc1cc(C)c(C2C(=O)CC3(CC2=O)CC2(CN(C(=O)C(C)(C)C)C2)C3)c(C)c1. The van der Waals surface area contributed by atoms with Gasteiger partial charge in [-0.15, -0.1) is 5.92 Å². The maximum atomic E-state index is 13.2. The van der Waals surface area contributed by atoms with Crippen molar-refractivity contribution in [3.05, 3.63) is 34.4 Å². The van der Waals surface area contributed by atoms with Crippen molar-refractivity contribution in [2.24, 2.45) is 16.2 Å². The summed E-state index contributed by atoms with van der Waals surface area (Å²) in [5.74, 6) is 5.66. The Morgan fingerprint density at radius 2 is 1.52 bits per heavy atom. The van der Waals surface area contributed by atoms with Crippen molar-refractivity contribution in [3.63, 3.8) is 0 Å². The quantitative estimate of drug-likeness (QED) is 0.502. The van der Waals surface area contributed by atoms with E-state index in [1.54, 1.807) is 6.92 Å². The highest BCUT2D eigenvalue weighted by atomic mass is 16.2. The first-order valence-electron chi connectivity index (χ1n) is 11.3. The van der Waals surface area contributed by atoms with Gasteiger partial charge in [0.05, 0.1) is 0 Å². The zero-order valence-electron chi connectivity index (χ0n) is 19.6. The third-order valence-corrected chi connectivity index (χ3v) is 7.38. The van der Waals surface area contributed by atoms with Gasteiger partial charge in [0.15, 0.2) is 0 Å². The topological polar surface area (TPSA) is 54.5 Å². The Labute approximate surface area is 185 Å². The number of likely N-dealkylation sites (tertiary alicyclic amines) is 1. The van der Waals surface area contributed by atoms with E-state index in [0.29, 0.717) is 12.8 Å². The Balaban J connectivity index is 1.46. The smallest absolute Gasteiger partial charge is 0.227 e. The highest BCUT2D eigenvalue weighted by Gasteiger charge is 2.63. The summed E-state index contributed by atoms with van der Waals surface area (Å²) >= 11 is 0. The van der Waals surface area contributed by atoms with Gasteiger partial charge in [-0.2, -0.15) is 0 Å². The van der Waals surface area contributed by atoms with Crippen LogP contribution in [0.15, 0.2) is 12.1 Å². The minimum Gasteiger partial charge on any atom is -0.341 e. The number of ketones is 2. The van der Waals surface area contributed by atoms with Gasteiger partial charge in [0.1, 0.15) is 17.5 Å². The van der Waals surface area contributed by atoms with Crippen LogP contribution in [-0.4, -0.2) is 35.5 Å². The number of Topliss-reactive ketones (excluding diaryl/α,β-unsaturated/α-hetero) is 2. The molecule has 4 heteroatoms. The molecule has 0 atom stereocenters. The Morgan fingerprint density at radius 3 is 1.97 bits per heavy atom. The second kappa shape index (κ2) is 7.05. The van der Waals surface area contributed by atoms with Crippen LogP contribution >= 0.6 is 0 Å². The van der Waals surface area contributed by atoms with E-state index in [0.717, 1.165) is 48.2 Å². The van der Waals surface area contributed by atoms with E-state index in [-0.39, 0.29) is 33.7 Å². The fraction of sp³-hybridized carbons (Fsp3) is 0.593. The van der Waals surface area contributed by atoms with Crippen LogP contribution in [-0.2, 0) is 14.4 Å². The molecule has 2 saturated carbocycles. The fourth-order valence-corrected chi connectivity index (χ4v) is 6.55. The van der Waals surface area contributed by atoms with Crippen LogP contribution in [0.4, 0.5) is 0 Å². The number of rotatable bonds is 1. The minimum absolute atomic E-state index is 0.0635. The van der Waals surface area contributed by atoms with Crippen molar-refractivity contribution in [3.8, 4) is 11.8 Å². The molecular formula is C27H33NO3. The number of hydrogen-bond donors (Lipinski definition) is 0. The largest absolute Gasteiger partial charge is 0.341 e. The summed E-state index contributed by atoms with van der Waals surface area (Å²) in [4.78, 5) is 40.9. The molecule has 0 N–H and O–H groups in total. The highest BCUT2D eigenvalue weighted by Crippen LogP contribution is 2.64. The first-order chi connectivity index (χ1) is 14.4. The number of nitrogens with zero attached hydrogens (tertiary/aromatic N) is 1. The van der Waals surface area contributed by atoms with Crippen molar-refractivity contribution in [2.45, 2.75) is 73.1 Å². The molecule has 0 radical (unpaired) electrons. The van der Waals surface area contributed by atoms with Gasteiger partial charge in [-0.1, -0.05) is 26.7 Å². The lowest BCUT2D eigenvalue weighted by Crippen LogP contribution is -2.69. The first-order valence-corrected chi connectivity index (χ1v) is 11.3. The van der Waals surface area contributed by atoms with Crippen molar-refractivity contribution in [1.82, 2.24) is 4.90 Å². The van der Waals surface area contributed by atoms with Crippen molar-refractivity contribution in [1.29, 1.82) is 0 Å². The number of benzene rings is 1. The molecule has 1 saturated heterocycles. The molecule has 0 aromatic heterocycles. The standard InChI is InChI=1S/C27H33NO3/c1-7-8-19-9-17(2)22(18(3)10-19)23-20(29)11-26(12-21(23)30)13-27(14-26)15-28(16-27)24(31)25(4,5)6/h9-10,23H,11-16H2,1-6H3. The molecular weight excluding hydrogens is 386 g/mol. The Morgan fingerprint density at radius 1 is 1.00 bits per heavy atom. The summed E-state index contributed by atoms with van der Waals surface area (Å²) in [6.07, 6.45) is 2.74. The normalized spacial score (nSPS) is 22.1. The lowest BCUT2D eigenvalue weighted by molar-refractivity contribution is -0.184. The summed E-state index contributed by atoms with van der Waals surface area (Å²) in [6.45, 7) is 13.1. The molecule has 4 nitrogen and oxygen atoms in total. The van der Waals surface area contributed by atoms with Crippen LogP contribution in [0.25, 0.3) is 0 Å². The molecule has 1 aliphatic heterocycles. The number of hydrogen-bond acceptors (Lipinski definition) is 3. The number of carbonyl (C=O) groups excluding carboxylic acids is 3. The second-order valence-electron chi connectivity index (χ2n) is 11.4. The average Bonchev–Trinajstić information content (AvgIpc) is 2.57. The van der Waals surface area contributed by atoms with Crippen LogP contribution < -0.4 is 0 Å². The van der Waals surface area contributed by atoms with Gasteiger partial charge in [0.2, 0.25) is 5.91 Å². The van der Waals surface area contributed by atoms with Gasteiger partial charge in [0.25, 0.3) is 0 Å². The van der Waals surface area contributed by atoms with E-state index < -0.39 is 5.92 Å². The maximum Gasteiger partial charge on any atom is 0.227 e. The van der Waals surface area contributed by atoms with Gasteiger partial charge < -0.3 is 4.90 Å². The Kier molecular flexibility index (Phi) is 4.96. The second-order valence-corrected chi connectivity index (χ2v) is 11.4. The number of carbonyl (C=O) groups is 3. The van der Waals surface area contributed by atoms with Crippen LogP contribution in [0, 0.1) is 41.9 Å². The Hall–Kier alpha value is -2.41. The molecule has 1 heterocycles. The van der Waals surface area contributed by atoms with Crippen molar-refractivity contribution >= 4 is 17.5 Å². The van der Waals surface area contributed by atoms with Crippen molar-refractivity contribution in [2.75, 3.05) is 13.1 Å². The van der Waals surface area contributed by atoms with Gasteiger partial charge in [-0.05, 0) is 67.9 Å². The predicted octanol–water partition coefficient (Wildman–Crippen LogP) is 4.35. The fourth-order valence-electron chi connectivity index (χ4n) is 6.55. The maximum absolute atomic E-state index is 13.2. The summed E-state index contributed by atoms with van der Waals surface area (Å²) in [5.41, 5.74) is 3.33. The van der Waals surface area contributed by atoms with Gasteiger partial charge in [-0.25, -0.2) is 0 Å². The summed E-state index contributed by atoms with van der Waals surface area (Å²) in [7, 11) is 0. The summed E-state index contributed by atoms with van der Waals surface area (Å²) in [5, 5.41) is 0. The minimum atomic E-state index is -0.633. The monoisotopic (exact) mass is 419 g/mol. The van der Waals surface area contributed by atoms with Crippen LogP contribution in [0.1, 0.15) is 81.5 Å². The molecule has 2 aliphatic carbocycles. The van der Waals surface area contributed by atoms with Crippen LogP contribution in [0.5, 0.6) is 0 Å². The lowest BCUT2D eigenvalue weighted by Gasteiger charge is -2.65. The predicted molar refractivity (Wildman–Crippen MR) is 121 cm³/mol. The molecule has 2 spiro atoms. The summed E-state index contributed by atoms with van der Waals surface area (Å²) in [6, 6.07) is 3.97. The lowest BCUT2D eigenvalue weighted by atomic mass is 9.44.